The van der Waals surface area contributed by atoms with Gasteiger partial charge >= 0.3 is 5.97 Å². The molecule has 4 rings (SSSR count). The van der Waals surface area contributed by atoms with E-state index in [4.69, 9.17) is 14.2 Å². The van der Waals surface area contributed by atoms with Crippen LogP contribution in [-0.2, 0) is 28.6 Å². The zero-order valence-corrected chi connectivity index (χ0v) is 24.8. The summed E-state index contributed by atoms with van der Waals surface area (Å²) in [6.07, 6.45) is 8.80. The number of carbonyl (C=O) groups is 3. The van der Waals surface area contributed by atoms with E-state index in [1.54, 1.807) is 15.9 Å². The van der Waals surface area contributed by atoms with Crippen molar-refractivity contribution in [3.8, 4) is 0 Å². The molecule has 2 unspecified atom stereocenters. The fourth-order valence-electron chi connectivity index (χ4n) is 7.35. The fraction of sp³-hybridized carbons (Fsp3) is 0.774. The predicted molar refractivity (Wildman–Crippen MR) is 154 cm³/mol. The first-order valence-corrected chi connectivity index (χ1v) is 15.5. The Labute approximate surface area is 244 Å². The summed E-state index contributed by atoms with van der Waals surface area (Å²) in [5.41, 5.74) is -1.89. The molecule has 41 heavy (non-hydrogen) atoms. The van der Waals surface area contributed by atoms with Gasteiger partial charge in [0.1, 0.15) is 17.6 Å². The van der Waals surface area contributed by atoms with E-state index in [1.165, 1.54) is 0 Å². The first-order chi connectivity index (χ1) is 19.9. The molecule has 2 bridgehead atoms. The number of esters is 1. The maximum atomic E-state index is 14.5. The van der Waals surface area contributed by atoms with E-state index in [9.17, 15) is 19.5 Å². The molecule has 2 amide bonds. The molecule has 4 aliphatic rings. The number of morpholine rings is 1. The van der Waals surface area contributed by atoms with E-state index in [0.717, 1.165) is 32.4 Å². The van der Waals surface area contributed by atoms with E-state index in [-0.39, 0.29) is 25.0 Å². The highest BCUT2D eigenvalue weighted by molar-refractivity contribution is 5.98. The number of fused-ring (bicyclic) bond motifs is 1. The lowest BCUT2D eigenvalue weighted by atomic mass is 9.65. The van der Waals surface area contributed by atoms with Crippen molar-refractivity contribution in [2.45, 2.75) is 75.5 Å². The molecule has 4 saturated heterocycles. The third kappa shape index (κ3) is 6.26. The number of hydrogen-bond acceptors (Lipinski definition) is 8. The van der Waals surface area contributed by atoms with Crippen molar-refractivity contribution in [2.24, 2.45) is 11.8 Å². The molecule has 4 aliphatic heterocycles. The van der Waals surface area contributed by atoms with Crippen LogP contribution in [0.15, 0.2) is 25.3 Å². The lowest BCUT2D eigenvalue weighted by Crippen LogP contribution is -2.57. The molecule has 1 N–H and O–H groups in total. The van der Waals surface area contributed by atoms with E-state index in [2.05, 4.69) is 18.1 Å². The van der Waals surface area contributed by atoms with Gasteiger partial charge in [0.05, 0.1) is 31.3 Å². The lowest BCUT2D eigenvalue weighted by molar-refractivity contribution is -0.162. The van der Waals surface area contributed by atoms with Gasteiger partial charge in [0.25, 0.3) is 0 Å². The zero-order valence-electron chi connectivity index (χ0n) is 24.8. The highest BCUT2D eigenvalue weighted by atomic mass is 16.6. The average molecular weight is 576 g/mol. The number of allylic oxidation sites excluding steroid dienone is 1. The third-order valence-electron chi connectivity index (χ3n) is 9.47. The van der Waals surface area contributed by atoms with Gasteiger partial charge in [-0.05, 0) is 51.4 Å². The van der Waals surface area contributed by atoms with Crippen LogP contribution >= 0.6 is 0 Å². The molecule has 10 nitrogen and oxygen atoms in total. The molecule has 230 valence electrons. The topological polar surface area (TPSA) is 109 Å². The van der Waals surface area contributed by atoms with Gasteiger partial charge in [0.15, 0.2) is 0 Å². The van der Waals surface area contributed by atoms with Crippen molar-refractivity contribution in [3.05, 3.63) is 25.3 Å². The fourth-order valence-corrected chi connectivity index (χ4v) is 7.35. The van der Waals surface area contributed by atoms with Gasteiger partial charge in [0.2, 0.25) is 11.8 Å². The Hall–Kier alpha value is -2.27. The van der Waals surface area contributed by atoms with Crippen molar-refractivity contribution in [1.29, 1.82) is 0 Å². The smallest absolute Gasteiger partial charge is 0.312 e. The van der Waals surface area contributed by atoms with E-state index in [0.29, 0.717) is 71.5 Å². The van der Waals surface area contributed by atoms with Crippen LogP contribution in [0.5, 0.6) is 0 Å². The minimum Gasteiger partial charge on any atom is -0.465 e. The molecule has 5 atom stereocenters. The Bertz CT molecular complexity index is 954. The number of aliphatic hydroxyl groups is 1. The quantitative estimate of drug-likeness (QED) is 0.160. The van der Waals surface area contributed by atoms with Crippen molar-refractivity contribution in [3.63, 3.8) is 0 Å². The molecule has 0 aromatic heterocycles. The number of rotatable bonds is 17. The summed E-state index contributed by atoms with van der Waals surface area (Å²) < 4.78 is 18.0. The van der Waals surface area contributed by atoms with Crippen molar-refractivity contribution < 1.29 is 33.7 Å². The molecule has 0 aromatic rings. The second-order valence-corrected chi connectivity index (χ2v) is 11.8. The Kier molecular flexibility index (Phi) is 11.0. The number of carbonyl (C=O) groups excluding carboxylic acids is 3. The summed E-state index contributed by atoms with van der Waals surface area (Å²) in [4.78, 5) is 48.0. The maximum absolute atomic E-state index is 14.5. The normalized spacial score (nSPS) is 30.8. The maximum Gasteiger partial charge on any atom is 0.312 e. The summed E-state index contributed by atoms with van der Waals surface area (Å²) in [7, 11) is 0. The summed E-state index contributed by atoms with van der Waals surface area (Å²) in [5, 5.41) is 9.42. The Balaban J connectivity index is 1.60. The van der Waals surface area contributed by atoms with Crippen molar-refractivity contribution in [1.82, 2.24) is 14.7 Å². The molecule has 1 spiro atoms. The van der Waals surface area contributed by atoms with E-state index >= 15 is 0 Å². The number of ether oxygens (including phenoxy) is 3. The molecule has 4 fully saturated rings. The molecule has 4 heterocycles. The zero-order chi connectivity index (χ0) is 29.5. The van der Waals surface area contributed by atoms with Gasteiger partial charge in [-0.1, -0.05) is 19.1 Å². The van der Waals surface area contributed by atoms with Crippen molar-refractivity contribution >= 4 is 17.8 Å². The SMILES string of the molecule is C=CCCCCOC(=O)[C@H]1[C@H]2C(=O)N(CCCCO)C(C(=O)N(CC=C)CCN3CCOCC3)C23CC[C@]1(CC)O3. The van der Waals surface area contributed by atoms with Gasteiger partial charge in [-0.3, -0.25) is 19.3 Å². The largest absolute Gasteiger partial charge is 0.465 e. The molecule has 0 aromatic carbocycles. The Morgan fingerprint density at radius 3 is 2.59 bits per heavy atom. The van der Waals surface area contributed by atoms with Crippen LogP contribution in [0.3, 0.4) is 0 Å². The highest BCUT2D eigenvalue weighted by Gasteiger charge is 2.79. The lowest BCUT2D eigenvalue weighted by Gasteiger charge is -2.37. The van der Waals surface area contributed by atoms with Crippen molar-refractivity contribution in [2.75, 3.05) is 65.7 Å². The van der Waals surface area contributed by atoms with Gasteiger partial charge in [-0.15, -0.1) is 13.2 Å². The van der Waals surface area contributed by atoms with E-state index < -0.39 is 35.0 Å². The van der Waals surface area contributed by atoms with Crippen LogP contribution in [0, 0.1) is 11.8 Å². The summed E-state index contributed by atoms with van der Waals surface area (Å²) >= 11 is 0. The Morgan fingerprint density at radius 1 is 1.12 bits per heavy atom. The van der Waals surface area contributed by atoms with Crippen LogP contribution < -0.4 is 0 Å². The number of unbranched alkanes of at least 4 members (excludes halogenated alkanes) is 3. The van der Waals surface area contributed by atoms with Crippen LogP contribution in [0.25, 0.3) is 0 Å². The molecular weight excluding hydrogens is 526 g/mol. The first kappa shape index (κ1) is 31.7. The van der Waals surface area contributed by atoms with Crippen LogP contribution in [0.1, 0.15) is 58.3 Å². The van der Waals surface area contributed by atoms with Gasteiger partial charge < -0.3 is 29.1 Å². The molecular formula is C31H49N3O7. The molecule has 10 heteroatoms. The number of aliphatic hydroxyl groups excluding tert-OH is 1. The average Bonchev–Trinajstić information content (AvgIpc) is 3.59. The Morgan fingerprint density at radius 2 is 1.90 bits per heavy atom. The molecule has 0 saturated carbocycles. The number of nitrogens with zero attached hydrogens (tertiary/aromatic N) is 3. The number of likely N-dealkylation sites (tertiary alicyclic amines) is 1. The highest BCUT2D eigenvalue weighted by Crippen LogP contribution is 2.64. The summed E-state index contributed by atoms with van der Waals surface area (Å²) in [6, 6.07) is -0.831. The second-order valence-electron chi connectivity index (χ2n) is 11.8. The van der Waals surface area contributed by atoms with Crippen LogP contribution in [0.2, 0.25) is 0 Å². The number of hydrogen-bond donors (Lipinski definition) is 1. The monoisotopic (exact) mass is 575 g/mol. The summed E-state index contributed by atoms with van der Waals surface area (Å²) in [6.45, 7) is 14.8. The predicted octanol–water partition coefficient (Wildman–Crippen LogP) is 2.16. The van der Waals surface area contributed by atoms with Gasteiger partial charge in [-0.25, -0.2) is 0 Å². The minimum atomic E-state index is -1.08. The van der Waals surface area contributed by atoms with Gasteiger partial charge in [0, 0.05) is 45.9 Å². The second kappa shape index (κ2) is 14.3. The van der Waals surface area contributed by atoms with Crippen LogP contribution in [0.4, 0.5) is 0 Å². The van der Waals surface area contributed by atoms with E-state index in [1.807, 2.05) is 13.0 Å². The summed E-state index contributed by atoms with van der Waals surface area (Å²) in [5.74, 6) is -2.28. The molecule has 0 aliphatic carbocycles. The third-order valence-corrected chi connectivity index (χ3v) is 9.47. The minimum absolute atomic E-state index is 0.00754. The first-order valence-electron chi connectivity index (χ1n) is 15.5. The van der Waals surface area contributed by atoms with Crippen LogP contribution in [-0.4, -0.2) is 121 Å². The standard InChI is InChI=1S/C31H49N3O7/c1-4-7-8-11-21-40-29(38)25-24-27(36)34(15-9-10-20-35)26(31(24)13-12-30(25,6-3)41-31)28(37)33(14-5-2)17-16-32-18-22-39-23-19-32/h4-5,24-26,35H,1-2,6-23H2,3H3/t24-,25+,26?,30-,31?/m0/s1. The van der Waals surface area contributed by atoms with Gasteiger partial charge in [-0.2, -0.15) is 0 Å². The molecule has 0 radical (unpaired) electrons. The number of amides is 2.